The van der Waals surface area contributed by atoms with Gasteiger partial charge < -0.3 is 24.3 Å². The van der Waals surface area contributed by atoms with Crippen LogP contribution in [0.1, 0.15) is 45.1 Å². The number of ether oxygens (including phenoxy) is 4. The van der Waals surface area contributed by atoms with Gasteiger partial charge in [-0.25, -0.2) is 0 Å². The minimum atomic E-state index is -0.113. The molecule has 5 rings (SSSR count). The number of epoxide rings is 1. The second-order valence-corrected chi connectivity index (χ2v) is 10.2. The molecule has 1 aromatic rings. The van der Waals surface area contributed by atoms with E-state index in [9.17, 15) is 4.79 Å². The van der Waals surface area contributed by atoms with Crippen molar-refractivity contribution in [2.75, 3.05) is 27.3 Å². The van der Waals surface area contributed by atoms with E-state index in [0.717, 1.165) is 30.9 Å². The van der Waals surface area contributed by atoms with E-state index in [1.165, 1.54) is 24.8 Å². The molecule has 1 N–H and O–H groups in total. The number of carbonyl (C=O) groups is 1. The lowest BCUT2D eigenvalue weighted by atomic mass is 9.53. The number of rotatable bonds is 7. The predicted molar refractivity (Wildman–Crippen MR) is 116 cm³/mol. The summed E-state index contributed by atoms with van der Waals surface area (Å²) in [4.78, 5) is 12.8. The van der Waals surface area contributed by atoms with E-state index in [2.05, 4.69) is 25.2 Å². The largest absolute Gasteiger partial charge is 0.493 e. The molecule has 6 nitrogen and oxygen atoms in total. The molecule has 2 aliphatic carbocycles. The third kappa shape index (κ3) is 3.17. The third-order valence-corrected chi connectivity index (χ3v) is 8.60. The van der Waals surface area contributed by atoms with Crippen molar-refractivity contribution >= 4 is 5.97 Å². The number of hydrogen-bond donors (Lipinski definition) is 1. The number of nitrogens with one attached hydrogen (secondary N) is 1. The molecule has 2 aliphatic heterocycles. The Morgan fingerprint density at radius 3 is 2.81 bits per heavy atom. The van der Waals surface area contributed by atoms with Crippen LogP contribution in [0.15, 0.2) is 18.2 Å². The van der Waals surface area contributed by atoms with Crippen LogP contribution in [-0.2, 0) is 20.7 Å². The predicted octanol–water partition coefficient (Wildman–Crippen LogP) is 3.36. The maximum atomic E-state index is 12.8. The zero-order chi connectivity index (χ0) is 21.8. The van der Waals surface area contributed by atoms with Gasteiger partial charge in [-0.2, -0.15) is 0 Å². The molecule has 2 heterocycles. The molecule has 0 unspecified atom stereocenters. The summed E-state index contributed by atoms with van der Waals surface area (Å²) >= 11 is 0. The topological polar surface area (TPSA) is 69.3 Å². The van der Waals surface area contributed by atoms with Crippen LogP contribution in [0.25, 0.3) is 0 Å². The van der Waals surface area contributed by atoms with Crippen LogP contribution in [0, 0.1) is 23.2 Å². The Hall–Kier alpha value is -1.79. The Morgan fingerprint density at radius 1 is 1.23 bits per heavy atom. The van der Waals surface area contributed by atoms with Crippen molar-refractivity contribution in [3.63, 3.8) is 0 Å². The number of fused-ring (bicyclic) bond motifs is 2. The second-order valence-electron chi connectivity index (χ2n) is 10.2. The highest BCUT2D eigenvalue weighted by atomic mass is 16.6. The Morgan fingerprint density at radius 2 is 2.03 bits per heavy atom. The molecule has 7 atom stereocenters. The first kappa shape index (κ1) is 21.1. The van der Waals surface area contributed by atoms with Gasteiger partial charge in [-0.3, -0.25) is 4.79 Å². The van der Waals surface area contributed by atoms with Gasteiger partial charge in [0.1, 0.15) is 11.7 Å². The highest BCUT2D eigenvalue weighted by Gasteiger charge is 2.78. The highest BCUT2D eigenvalue weighted by Crippen LogP contribution is 2.70. The SMILES string of the molecule is COc1ccc(CCNC[C@H]2C(=O)O[C@@H]3C[C@]4(C)CCC[C@@H](C)[C@]45O[C@H]5[C@H]32)cc1OC. The summed E-state index contributed by atoms with van der Waals surface area (Å²) in [6.07, 6.45) is 5.66. The maximum absolute atomic E-state index is 12.8. The van der Waals surface area contributed by atoms with Crippen LogP contribution in [0.2, 0.25) is 0 Å². The lowest BCUT2D eigenvalue weighted by molar-refractivity contribution is -0.146. The Labute approximate surface area is 185 Å². The van der Waals surface area contributed by atoms with Crippen LogP contribution in [-0.4, -0.2) is 51.1 Å². The molecule has 0 radical (unpaired) electrons. The first-order valence-corrected chi connectivity index (χ1v) is 11.7. The zero-order valence-corrected chi connectivity index (χ0v) is 19.1. The minimum Gasteiger partial charge on any atom is -0.493 e. The van der Waals surface area contributed by atoms with Crippen molar-refractivity contribution in [2.45, 2.75) is 63.8 Å². The van der Waals surface area contributed by atoms with Crippen LogP contribution in [0.4, 0.5) is 0 Å². The Balaban J connectivity index is 1.21. The molecule has 1 spiro atoms. The van der Waals surface area contributed by atoms with Gasteiger partial charge in [-0.15, -0.1) is 0 Å². The molecule has 31 heavy (non-hydrogen) atoms. The van der Waals surface area contributed by atoms with Crippen molar-refractivity contribution in [3.05, 3.63) is 23.8 Å². The smallest absolute Gasteiger partial charge is 0.311 e. The molecule has 0 amide bonds. The van der Waals surface area contributed by atoms with Crippen LogP contribution < -0.4 is 14.8 Å². The van der Waals surface area contributed by atoms with Gasteiger partial charge in [0.25, 0.3) is 0 Å². The number of hydrogen-bond acceptors (Lipinski definition) is 6. The van der Waals surface area contributed by atoms with Gasteiger partial charge in [0, 0.05) is 17.9 Å². The molecule has 2 saturated carbocycles. The van der Waals surface area contributed by atoms with Gasteiger partial charge in [0.05, 0.1) is 26.2 Å². The number of esters is 1. The van der Waals surface area contributed by atoms with E-state index in [1.54, 1.807) is 14.2 Å². The summed E-state index contributed by atoms with van der Waals surface area (Å²) in [5.74, 6) is 2.07. The van der Waals surface area contributed by atoms with Crippen LogP contribution >= 0.6 is 0 Å². The molecule has 0 bridgehead atoms. The van der Waals surface area contributed by atoms with Crippen molar-refractivity contribution in [2.24, 2.45) is 23.2 Å². The molecule has 0 aromatic heterocycles. The summed E-state index contributed by atoms with van der Waals surface area (Å²) in [5, 5.41) is 3.51. The Kier molecular flexibility index (Phi) is 5.21. The second kappa shape index (κ2) is 7.66. The van der Waals surface area contributed by atoms with Gasteiger partial charge in [-0.1, -0.05) is 26.3 Å². The van der Waals surface area contributed by atoms with E-state index >= 15 is 0 Å². The first-order chi connectivity index (χ1) is 14.9. The summed E-state index contributed by atoms with van der Waals surface area (Å²) in [6.45, 7) is 6.14. The van der Waals surface area contributed by atoms with Crippen molar-refractivity contribution < 1.29 is 23.7 Å². The molecule has 170 valence electrons. The average molecular weight is 430 g/mol. The van der Waals surface area contributed by atoms with E-state index in [4.69, 9.17) is 18.9 Å². The summed E-state index contributed by atoms with van der Waals surface area (Å²) in [5.41, 5.74) is 1.29. The zero-order valence-electron chi connectivity index (χ0n) is 19.1. The fourth-order valence-electron chi connectivity index (χ4n) is 6.99. The van der Waals surface area contributed by atoms with E-state index < -0.39 is 0 Å². The monoisotopic (exact) mass is 429 g/mol. The molecule has 2 saturated heterocycles. The van der Waals surface area contributed by atoms with Gasteiger partial charge in [0.2, 0.25) is 0 Å². The average Bonchev–Trinajstić information content (AvgIpc) is 3.44. The van der Waals surface area contributed by atoms with Crippen LogP contribution in [0.3, 0.4) is 0 Å². The first-order valence-electron chi connectivity index (χ1n) is 11.7. The molecule has 6 heteroatoms. The molecule has 4 aliphatic rings. The fourth-order valence-corrected chi connectivity index (χ4v) is 6.99. The lowest BCUT2D eigenvalue weighted by Crippen LogP contribution is -2.54. The molecule has 4 fully saturated rings. The quantitative estimate of drug-likeness (QED) is 0.407. The standard InChI is InChI=1S/C25H35NO5/c1-15-6-5-10-24(2)13-20-21(22-25(15,24)31-22)17(23(27)30-20)14-26-11-9-16-7-8-18(28-3)19(12-16)29-4/h7-8,12,15,17,20-22,26H,5-6,9-11,13-14H2,1-4H3/t15-,17-,20-,21+,22+,24+,25-/m1/s1. The Bertz CT molecular complexity index is 858. The van der Waals surface area contributed by atoms with Crippen molar-refractivity contribution in [1.82, 2.24) is 5.32 Å². The number of methoxy groups -OCH3 is 2. The molecular formula is C25H35NO5. The van der Waals surface area contributed by atoms with E-state index in [0.29, 0.717) is 12.5 Å². The summed E-state index contributed by atoms with van der Waals surface area (Å²) in [6, 6.07) is 5.99. The highest BCUT2D eigenvalue weighted by molar-refractivity contribution is 5.76. The summed E-state index contributed by atoms with van der Waals surface area (Å²) < 4.78 is 23.1. The van der Waals surface area contributed by atoms with Crippen LogP contribution in [0.5, 0.6) is 11.5 Å². The third-order valence-electron chi connectivity index (χ3n) is 8.60. The maximum Gasteiger partial charge on any atom is 0.311 e. The number of benzene rings is 1. The minimum absolute atomic E-state index is 0.0149. The normalized spacial score (nSPS) is 40.4. The van der Waals surface area contributed by atoms with Crippen molar-refractivity contribution in [1.29, 1.82) is 0 Å². The fraction of sp³-hybridized carbons (Fsp3) is 0.720. The summed E-state index contributed by atoms with van der Waals surface area (Å²) in [7, 11) is 3.29. The number of carbonyl (C=O) groups excluding carboxylic acids is 1. The van der Waals surface area contributed by atoms with Gasteiger partial charge in [-0.05, 0) is 55.8 Å². The molecule has 1 aromatic carbocycles. The molecular weight excluding hydrogens is 394 g/mol. The van der Waals surface area contributed by atoms with E-state index in [1.807, 2.05) is 12.1 Å². The van der Waals surface area contributed by atoms with Gasteiger partial charge in [0.15, 0.2) is 11.5 Å². The van der Waals surface area contributed by atoms with E-state index in [-0.39, 0.29) is 41.0 Å². The van der Waals surface area contributed by atoms with Gasteiger partial charge >= 0.3 is 5.97 Å². The van der Waals surface area contributed by atoms with Crippen molar-refractivity contribution in [3.8, 4) is 11.5 Å². The lowest BCUT2D eigenvalue weighted by Gasteiger charge is -2.48.